The molecule has 0 saturated heterocycles. The normalized spacial score (nSPS) is 12.9. The number of benzene rings is 4. The molecule has 0 atom stereocenters. The van der Waals surface area contributed by atoms with Crippen molar-refractivity contribution < 1.29 is 23.9 Å². The highest BCUT2D eigenvalue weighted by molar-refractivity contribution is 8.04. The summed E-state index contributed by atoms with van der Waals surface area (Å²) in [5, 5.41) is 6.06. The number of carbonyl (C=O) groups excluding carboxylic acids is 3. The number of imide groups is 1. The predicted molar refractivity (Wildman–Crippen MR) is 161 cm³/mol. The van der Waals surface area contributed by atoms with Crippen LogP contribution in [0, 0.1) is 6.92 Å². The molecule has 5 rings (SSSR count). The van der Waals surface area contributed by atoms with Crippen molar-refractivity contribution in [3.05, 3.63) is 119 Å². The van der Waals surface area contributed by atoms with Crippen LogP contribution in [0.4, 0.5) is 17.1 Å². The smallest absolute Gasteiger partial charge is 0.283 e. The monoisotopic (exact) mass is 565 g/mol. The second-order valence-corrected chi connectivity index (χ2v) is 10.2. The first-order chi connectivity index (χ1) is 19.9. The van der Waals surface area contributed by atoms with Gasteiger partial charge in [-0.3, -0.25) is 14.4 Å². The maximum absolute atomic E-state index is 13.7. The van der Waals surface area contributed by atoms with Gasteiger partial charge in [0.05, 0.1) is 25.6 Å². The fourth-order valence-corrected chi connectivity index (χ4v) is 5.27. The maximum Gasteiger partial charge on any atom is 0.283 e. The predicted octanol–water partition coefficient (Wildman–Crippen LogP) is 6.25. The molecule has 0 saturated carbocycles. The van der Waals surface area contributed by atoms with Crippen LogP contribution in [0.5, 0.6) is 11.5 Å². The molecule has 0 unspecified atom stereocenters. The molecule has 1 aliphatic rings. The van der Waals surface area contributed by atoms with E-state index in [9.17, 15) is 14.4 Å². The van der Waals surface area contributed by atoms with Crippen molar-refractivity contribution in [1.82, 2.24) is 0 Å². The van der Waals surface area contributed by atoms with Crippen LogP contribution < -0.4 is 25.0 Å². The second kappa shape index (κ2) is 12.0. The quantitative estimate of drug-likeness (QED) is 0.232. The van der Waals surface area contributed by atoms with Gasteiger partial charge in [0.25, 0.3) is 17.7 Å². The Morgan fingerprint density at radius 3 is 2.27 bits per heavy atom. The van der Waals surface area contributed by atoms with E-state index in [4.69, 9.17) is 9.47 Å². The lowest BCUT2D eigenvalue weighted by atomic mass is 10.2. The molecule has 3 amide bonds. The lowest BCUT2D eigenvalue weighted by Gasteiger charge is -2.16. The molecule has 4 aromatic carbocycles. The summed E-state index contributed by atoms with van der Waals surface area (Å²) in [5.41, 5.74) is 3.15. The Morgan fingerprint density at radius 2 is 1.56 bits per heavy atom. The number of thioether (sulfide) groups is 1. The summed E-state index contributed by atoms with van der Waals surface area (Å²) in [6.45, 7) is 1.93. The van der Waals surface area contributed by atoms with E-state index in [-0.39, 0.29) is 16.5 Å². The first-order valence-electron chi connectivity index (χ1n) is 12.7. The van der Waals surface area contributed by atoms with Crippen LogP contribution in [0.2, 0.25) is 0 Å². The minimum Gasteiger partial charge on any atom is -0.497 e. The van der Waals surface area contributed by atoms with Gasteiger partial charge >= 0.3 is 0 Å². The molecule has 0 aromatic heterocycles. The van der Waals surface area contributed by atoms with Crippen LogP contribution in [-0.4, -0.2) is 31.9 Å². The third kappa shape index (κ3) is 5.95. The number of hydrogen-bond donors (Lipinski definition) is 2. The van der Waals surface area contributed by atoms with E-state index in [1.165, 1.54) is 0 Å². The van der Waals surface area contributed by atoms with E-state index >= 15 is 0 Å². The van der Waals surface area contributed by atoms with Gasteiger partial charge in [-0.2, -0.15) is 0 Å². The minimum absolute atomic E-state index is 0.139. The van der Waals surface area contributed by atoms with Crippen molar-refractivity contribution in [2.24, 2.45) is 0 Å². The van der Waals surface area contributed by atoms with Crippen molar-refractivity contribution in [1.29, 1.82) is 0 Å². The standard InChI is InChI=1S/C32H27N3O5S/c1-20-12-17-27(40-3)26(18-20)34-28-29(32(38)35(31(28)37)23-9-5-4-6-10-23)41-25-11-7-8-22(19-25)33-30(36)21-13-15-24(39-2)16-14-21/h4-19,34H,1-3H3,(H,33,36). The van der Waals surface area contributed by atoms with E-state index in [0.717, 1.165) is 22.2 Å². The molecule has 0 bridgehead atoms. The Bertz CT molecular complexity index is 1650. The van der Waals surface area contributed by atoms with Crippen LogP contribution in [0.15, 0.2) is 113 Å². The lowest BCUT2D eigenvalue weighted by molar-refractivity contribution is -0.120. The zero-order chi connectivity index (χ0) is 28.9. The molecular formula is C32H27N3O5S. The zero-order valence-electron chi connectivity index (χ0n) is 22.6. The summed E-state index contributed by atoms with van der Waals surface area (Å²) in [7, 11) is 3.11. The van der Waals surface area contributed by atoms with E-state index < -0.39 is 11.8 Å². The van der Waals surface area contributed by atoms with Gasteiger partial charge in [0, 0.05) is 16.1 Å². The molecule has 4 aromatic rings. The van der Waals surface area contributed by atoms with Crippen LogP contribution in [0.25, 0.3) is 0 Å². The molecule has 206 valence electrons. The molecule has 8 nitrogen and oxygen atoms in total. The van der Waals surface area contributed by atoms with Gasteiger partial charge in [-0.1, -0.05) is 42.1 Å². The number of nitrogens with one attached hydrogen (secondary N) is 2. The van der Waals surface area contributed by atoms with Gasteiger partial charge in [0.1, 0.15) is 22.1 Å². The van der Waals surface area contributed by atoms with Gasteiger partial charge in [0.2, 0.25) is 0 Å². The lowest BCUT2D eigenvalue weighted by Crippen LogP contribution is -2.32. The molecule has 0 radical (unpaired) electrons. The highest BCUT2D eigenvalue weighted by Crippen LogP contribution is 2.39. The Labute approximate surface area is 242 Å². The van der Waals surface area contributed by atoms with Gasteiger partial charge in [-0.25, -0.2) is 4.90 Å². The third-order valence-corrected chi connectivity index (χ3v) is 7.41. The Balaban J connectivity index is 1.46. The van der Waals surface area contributed by atoms with Crippen molar-refractivity contribution in [3.63, 3.8) is 0 Å². The molecule has 2 N–H and O–H groups in total. The van der Waals surface area contributed by atoms with E-state index in [0.29, 0.717) is 39.0 Å². The largest absolute Gasteiger partial charge is 0.497 e. The number of ether oxygens (including phenoxy) is 2. The molecular weight excluding hydrogens is 538 g/mol. The molecule has 0 spiro atoms. The average molecular weight is 566 g/mol. The molecule has 41 heavy (non-hydrogen) atoms. The van der Waals surface area contributed by atoms with Crippen LogP contribution in [0.1, 0.15) is 15.9 Å². The third-order valence-electron chi connectivity index (χ3n) is 6.33. The topological polar surface area (TPSA) is 97.0 Å². The van der Waals surface area contributed by atoms with E-state index in [2.05, 4.69) is 10.6 Å². The molecule has 0 aliphatic carbocycles. The summed E-state index contributed by atoms with van der Waals surface area (Å²) in [6, 6.07) is 28.2. The van der Waals surface area contributed by atoms with Gasteiger partial charge in [-0.05, 0) is 79.2 Å². The number of hydrogen-bond acceptors (Lipinski definition) is 7. The molecule has 0 fully saturated rings. The Morgan fingerprint density at radius 1 is 0.805 bits per heavy atom. The summed E-state index contributed by atoms with van der Waals surface area (Å²) < 4.78 is 10.6. The van der Waals surface area contributed by atoms with E-state index in [1.807, 2.05) is 31.2 Å². The number of aryl methyl sites for hydroxylation is 1. The number of carbonyl (C=O) groups is 3. The first-order valence-corrected chi connectivity index (χ1v) is 13.5. The van der Waals surface area contributed by atoms with Crippen molar-refractivity contribution >= 4 is 46.5 Å². The van der Waals surface area contributed by atoms with Gasteiger partial charge in [0.15, 0.2) is 0 Å². The molecule has 9 heteroatoms. The Kier molecular flexibility index (Phi) is 8.07. The van der Waals surface area contributed by atoms with Crippen LogP contribution in [0.3, 0.4) is 0 Å². The average Bonchev–Trinajstić information content (AvgIpc) is 3.21. The SMILES string of the molecule is COc1ccc(C(=O)Nc2cccc(SC3=C(Nc4cc(C)ccc4OC)C(=O)N(c4ccccc4)C3=O)c2)cc1. The van der Waals surface area contributed by atoms with E-state index in [1.54, 1.807) is 87.0 Å². The summed E-state index contributed by atoms with van der Waals surface area (Å²) in [5.74, 6) is -0.0233. The molecule has 1 aliphatic heterocycles. The van der Waals surface area contributed by atoms with Crippen LogP contribution >= 0.6 is 11.8 Å². The zero-order valence-corrected chi connectivity index (χ0v) is 23.5. The highest BCUT2D eigenvalue weighted by atomic mass is 32.2. The van der Waals surface area contributed by atoms with Crippen molar-refractivity contribution in [2.75, 3.05) is 29.8 Å². The number of rotatable bonds is 9. The van der Waals surface area contributed by atoms with Gasteiger partial charge < -0.3 is 20.1 Å². The number of amides is 3. The maximum atomic E-state index is 13.7. The Hall–Kier alpha value is -5.02. The highest BCUT2D eigenvalue weighted by Gasteiger charge is 2.40. The summed E-state index contributed by atoms with van der Waals surface area (Å²) in [4.78, 5) is 42.3. The van der Waals surface area contributed by atoms with Crippen molar-refractivity contribution in [2.45, 2.75) is 11.8 Å². The number of methoxy groups -OCH3 is 2. The van der Waals surface area contributed by atoms with Crippen molar-refractivity contribution in [3.8, 4) is 11.5 Å². The summed E-state index contributed by atoms with van der Waals surface area (Å²) >= 11 is 1.14. The summed E-state index contributed by atoms with van der Waals surface area (Å²) in [6.07, 6.45) is 0. The number of anilines is 3. The first kappa shape index (κ1) is 27.5. The van der Waals surface area contributed by atoms with Crippen LogP contribution in [-0.2, 0) is 9.59 Å². The number of para-hydroxylation sites is 1. The van der Waals surface area contributed by atoms with Gasteiger partial charge in [-0.15, -0.1) is 0 Å². The molecule has 1 heterocycles. The number of nitrogens with zero attached hydrogens (tertiary/aromatic N) is 1. The minimum atomic E-state index is -0.476. The second-order valence-electron chi connectivity index (χ2n) is 9.13. The fraction of sp³-hybridized carbons (Fsp3) is 0.0938. The fourth-order valence-electron chi connectivity index (χ4n) is 4.28.